The standard InChI is InChI=1S/C19H22N2O5/c1-5-15(13-8-9-17(25-3)18(11-13)26-4)20-19(22)14-7-6-12(2)16(10-14)21(23)24/h6-11,15H,5H2,1-4H3,(H,20,22)/t15-/m1/s1. The molecule has 1 atom stereocenters. The molecule has 138 valence electrons. The van der Waals surface area contributed by atoms with Crippen molar-refractivity contribution in [2.45, 2.75) is 26.3 Å². The molecule has 0 spiro atoms. The second-order valence-electron chi connectivity index (χ2n) is 5.81. The normalized spacial score (nSPS) is 11.5. The second-order valence-corrected chi connectivity index (χ2v) is 5.81. The number of carbonyl (C=O) groups is 1. The van der Waals surface area contributed by atoms with Crippen LogP contribution in [0.4, 0.5) is 5.69 Å². The summed E-state index contributed by atoms with van der Waals surface area (Å²) in [5, 5.41) is 14.0. The number of rotatable bonds is 7. The van der Waals surface area contributed by atoms with Crippen molar-refractivity contribution in [2.75, 3.05) is 14.2 Å². The minimum atomic E-state index is -0.488. The van der Waals surface area contributed by atoms with Gasteiger partial charge in [0, 0.05) is 17.2 Å². The number of amides is 1. The van der Waals surface area contributed by atoms with E-state index in [0.717, 1.165) is 5.56 Å². The van der Waals surface area contributed by atoms with Gasteiger partial charge in [-0.25, -0.2) is 0 Å². The quantitative estimate of drug-likeness (QED) is 0.600. The van der Waals surface area contributed by atoms with Crippen LogP contribution in [0.15, 0.2) is 36.4 Å². The third kappa shape index (κ3) is 4.11. The van der Waals surface area contributed by atoms with Gasteiger partial charge >= 0.3 is 0 Å². The Hall–Kier alpha value is -3.09. The number of benzene rings is 2. The van der Waals surface area contributed by atoms with Gasteiger partial charge in [0.1, 0.15) is 0 Å². The second kappa shape index (κ2) is 8.33. The first-order chi connectivity index (χ1) is 12.4. The van der Waals surface area contributed by atoms with Crippen molar-refractivity contribution < 1.29 is 19.2 Å². The number of hydrogen-bond donors (Lipinski definition) is 1. The zero-order valence-electron chi connectivity index (χ0n) is 15.2. The SMILES string of the molecule is CC[C@@H](NC(=O)c1ccc(C)c([N+](=O)[O-])c1)c1ccc(OC)c(OC)c1. The summed E-state index contributed by atoms with van der Waals surface area (Å²) >= 11 is 0. The van der Waals surface area contributed by atoms with Crippen molar-refractivity contribution in [2.24, 2.45) is 0 Å². The van der Waals surface area contributed by atoms with Gasteiger partial charge in [-0.1, -0.05) is 19.1 Å². The van der Waals surface area contributed by atoms with Crippen LogP contribution in [0.3, 0.4) is 0 Å². The number of methoxy groups -OCH3 is 2. The van der Waals surface area contributed by atoms with E-state index in [1.165, 1.54) is 6.07 Å². The molecular formula is C19H22N2O5. The first-order valence-electron chi connectivity index (χ1n) is 8.19. The molecule has 2 aromatic rings. The summed E-state index contributed by atoms with van der Waals surface area (Å²) in [6.07, 6.45) is 0.648. The summed E-state index contributed by atoms with van der Waals surface area (Å²) in [5.74, 6) is 0.810. The first-order valence-corrected chi connectivity index (χ1v) is 8.19. The van der Waals surface area contributed by atoms with Crippen molar-refractivity contribution in [1.29, 1.82) is 0 Å². The van der Waals surface area contributed by atoms with Crippen LogP contribution in [0.1, 0.15) is 40.9 Å². The number of aryl methyl sites for hydroxylation is 1. The summed E-state index contributed by atoms with van der Waals surface area (Å²) < 4.78 is 10.5. The van der Waals surface area contributed by atoms with E-state index in [1.807, 2.05) is 19.1 Å². The van der Waals surface area contributed by atoms with E-state index in [4.69, 9.17) is 9.47 Å². The van der Waals surface area contributed by atoms with E-state index in [-0.39, 0.29) is 23.2 Å². The van der Waals surface area contributed by atoms with Crippen LogP contribution in [0, 0.1) is 17.0 Å². The number of hydrogen-bond acceptors (Lipinski definition) is 5. The summed E-state index contributed by atoms with van der Waals surface area (Å²) in [5.41, 5.74) is 1.55. The third-order valence-corrected chi connectivity index (χ3v) is 4.19. The van der Waals surface area contributed by atoms with E-state index in [9.17, 15) is 14.9 Å². The molecule has 0 heterocycles. The van der Waals surface area contributed by atoms with Crippen LogP contribution < -0.4 is 14.8 Å². The maximum Gasteiger partial charge on any atom is 0.273 e. The third-order valence-electron chi connectivity index (χ3n) is 4.19. The smallest absolute Gasteiger partial charge is 0.273 e. The van der Waals surface area contributed by atoms with Crippen LogP contribution in [0.25, 0.3) is 0 Å². The Morgan fingerprint density at radius 1 is 1.15 bits per heavy atom. The molecule has 26 heavy (non-hydrogen) atoms. The first kappa shape index (κ1) is 19.2. The molecule has 7 nitrogen and oxygen atoms in total. The molecule has 0 fully saturated rings. The van der Waals surface area contributed by atoms with Gasteiger partial charge in [0.25, 0.3) is 11.6 Å². The van der Waals surface area contributed by atoms with E-state index in [2.05, 4.69) is 5.32 Å². The number of ether oxygens (including phenoxy) is 2. The Labute approximate surface area is 152 Å². The number of carbonyl (C=O) groups excluding carboxylic acids is 1. The number of nitrogens with zero attached hydrogens (tertiary/aromatic N) is 1. The highest BCUT2D eigenvalue weighted by Crippen LogP contribution is 2.31. The molecule has 0 aromatic heterocycles. The molecule has 0 bridgehead atoms. The average molecular weight is 358 g/mol. The molecule has 2 rings (SSSR count). The van der Waals surface area contributed by atoms with Gasteiger partial charge in [0.15, 0.2) is 11.5 Å². The molecule has 0 aliphatic rings. The summed E-state index contributed by atoms with van der Waals surface area (Å²) in [7, 11) is 3.10. The van der Waals surface area contributed by atoms with Crippen LogP contribution in [0.5, 0.6) is 11.5 Å². The van der Waals surface area contributed by atoms with Crippen molar-refractivity contribution in [1.82, 2.24) is 5.32 Å². The molecule has 2 aromatic carbocycles. The lowest BCUT2D eigenvalue weighted by Crippen LogP contribution is -2.28. The van der Waals surface area contributed by atoms with Gasteiger partial charge in [-0.15, -0.1) is 0 Å². The van der Waals surface area contributed by atoms with E-state index in [0.29, 0.717) is 23.5 Å². The van der Waals surface area contributed by atoms with Crippen LogP contribution in [0.2, 0.25) is 0 Å². The largest absolute Gasteiger partial charge is 0.493 e. The van der Waals surface area contributed by atoms with Gasteiger partial charge in [0.05, 0.1) is 25.2 Å². The minimum absolute atomic E-state index is 0.0724. The minimum Gasteiger partial charge on any atom is -0.493 e. The van der Waals surface area contributed by atoms with Crippen LogP contribution in [-0.4, -0.2) is 25.1 Å². The van der Waals surface area contributed by atoms with E-state index in [1.54, 1.807) is 39.3 Å². The van der Waals surface area contributed by atoms with Crippen molar-refractivity contribution in [3.8, 4) is 11.5 Å². The zero-order valence-corrected chi connectivity index (χ0v) is 15.2. The fraction of sp³-hybridized carbons (Fsp3) is 0.316. The van der Waals surface area contributed by atoms with Crippen LogP contribution in [-0.2, 0) is 0 Å². The molecular weight excluding hydrogens is 336 g/mol. The summed E-state index contributed by atoms with van der Waals surface area (Å²) in [6.45, 7) is 3.58. The van der Waals surface area contributed by atoms with Gasteiger partial charge in [-0.05, 0) is 37.1 Å². The zero-order chi connectivity index (χ0) is 19.3. The molecule has 0 saturated heterocycles. The van der Waals surface area contributed by atoms with Gasteiger partial charge in [-0.3, -0.25) is 14.9 Å². The van der Waals surface area contributed by atoms with Crippen molar-refractivity contribution in [3.63, 3.8) is 0 Å². The van der Waals surface area contributed by atoms with Crippen molar-refractivity contribution in [3.05, 3.63) is 63.2 Å². The Morgan fingerprint density at radius 3 is 2.42 bits per heavy atom. The lowest BCUT2D eigenvalue weighted by atomic mass is 10.0. The Morgan fingerprint density at radius 2 is 1.85 bits per heavy atom. The molecule has 1 amide bonds. The van der Waals surface area contributed by atoms with Crippen molar-refractivity contribution >= 4 is 11.6 Å². The average Bonchev–Trinajstić information content (AvgIpc) is 2.65. The molecule has 0 aliphatic heterocycles. The number of nitro groups is 1. The molecule has 7 heteroatoms. The van der Waals surface area contributed by atoms with Gasteiger partial charge in [-0.2, -0.15) is 0 Å². The fourth-order valence-electron chi connectivity index (χ4n) is 2.68. The Kier molecular flexibility index (Phi) is 6.16. The van der Waals surface area contributed by atoms with Crippen LogP contribution >= 0.6 is 0 Å². The summed E-state index contributed by atoms with van der Waals surface area (Å²) in [4.78, 5) is 23.1. The van der Waals surface area contributed by atoms with Gasteiger partial charge in [0.2, 0.25) is 0 Å². The molecule has 1 N–H and O–H groups in total. The fourth-order valence-corrected chi connectivity index (χ4v) is 2.68. The van der Waals surface area contributed by atoms with E-state index >= 15 is 0 Å². The number of nitrogens with one attached hydrogen (secondary N) is 1. The highest BCUT2D eigenvalue weighted by Gasteiger charge is 2.19. The predicted molar refractivity (Wildman–Crippen MR) is 97.9 cm³/mol. The maximum atomic E-state index is 12.6. The lowest BCUT2D eigenvalue weighted by Gasteiger charge is -2.19. The molecule has 0 unspecified atom stereocenters. The highest BCUT2D eigenvalue weighted by molar-refractivity contribution is 5.95. The molecule has 0 aliphatic carbocycles. The topological polar surface area (TPSA) is 90.7 Å². The lowest BCUT2D eigenvalue weighted by molar-refractivity contribution is -0.385. The highest BCUT2D eigenvalue weighted by atomic mass is 16.6. The number of nitro benzene ring substituents is 1. The monoisotopic (exact) mass is 358 g/mol. The maximum absolute atomic E-state index is 12.6. The molecule has 0 radical (unpaired) electrons. The van der Waals surface area contributed by atoms with Gasteiger partial charge < -0.3 is 14.8 Å². The van der Waals surface area contributed by atoms with E-state index < -0.39 is 4.92 Å². The summed E-state index contributed by atoms with van der Waals surface area (Å²) in [6, 6.07) is 9.63. The Bertz CT molecular complexity index is 820. The predicted octanol–water partition coefficient (Wildman–Crippen LogP) is 3.80. The Balaban J connectivity index is 2.26. The molecule has 0 saturated carbocycles.